The summed E-state index contributed by atoms with van der Waals surface area (Å²) in [7, 11) is -1.64. The summed E-state index contributed by atoms with van der Waals surface area (Å²) >= 11 is 6.54. The fraction of sp³-hybridized carbons (Fsp3) is 0.286. The van der Waals surface area contributed by atoms with Gasteiger partial charge in [0.1, 0.15) is 23.1 Å². The molecule has 1 aliphatic carbocycles. The molecule has 1 saturated carbocycles. The van der Waals surface area contributed by atoms with Crippen LogP contribution in [0.2, 0.25) is 5.02 Å². The van der Waals surface area contributed by atoms with E-state index in [0.717, 1.165) is 16.3 Å². The number of benzene rings is 1. The summed E-state index contributed by atoms with van der Waals surface area (Å²) in [5.74, 6) is -1.60. The standard InChI is InChI=1S/C28H26ClF2N5O2S/c1-5-10-33-27(19-7-6-8-22(26(19)31)39(4)38)21(30)15-36-16(2)12-20(25(29)28(36)37)24-17(3)23(24)18-13-34-35(14-18)11-9-32/h5-8,10,12-15,17,23-24H,11H2,1-4H3/b10-5+,21-15-,33-27+. The largest absolute Gasteiger partial charge is 0.284 e. The second-order valence-electron chi connectivity index (χ2n) is 9.28. The van der Waals surface area contributed by atoms with Gasteiger partial charge in [-0.15, -0.1) is 0 Å². The number of pyridine rings is 1. The summed E-state index contributed by atoms with van der Waals surface area (Å²) in [5.41, 5.74) is 0.885. The smallest absolute Gasteiger partial charge is 0.273 e. The van der Waals surface area contributed by atoms with E-state index in [9.17, 15) is 9.00 Å². The molecule has 39 heavy (non-hydrogen) atoms. The normalized spacial score (nSPS) is 20.3. The van der Waals surface area contributed by atoms with Gasteiger partial charge in [-0.1, -0.05) is 30.7 Å². The average molecular weight is 570 g/mol. The van der Waals surface area contributed by atoms with Gasteiger partial charge in [0.25, 0.3) is 5.56 Å². The maximum absolute atomic E-state index is 15.7. The van der Waals surface area contributed by atoms with E-state index >= 15 is 8.78 Å². The highest BCUT2D eigenvalue weighted by Crippen LogP contribution is 2.61. The van der Waals surface area contributed by atoms with E-state index in [4.69, 9.17) is 16.9 Å². The van der Waals surface area contributed by atoms with Gasteiger partial charge in [-0.25, -0.2) is 8.78 Å². The van der Waals surface area contributed by atoms with E-state index in [1.165, 1.54) is 30.7 Å². The molecule has 0 aliphatic heterocycles. The molecule has 0 saturated heterocycles. The van der Waals surface area contributed by atoms with Gasteiger partial charge in [0.2, 0.25) is 0 Å². The Balaban J connectivity index is 1.73. The highest BCUT2D eigenvalue weighted by molar-refractivity contribution is 7.84. The number of hydrogen-bond acceptors (Lipinski definition) is 5. The topological polar surface area (TPSA) is 93.0 Å². The van der Waals surface area contributed by atoms with Crippen molar-refractivity contribution in [3.63, 3.8) is 0 Å². The van der Waals surface area contributed by atoms with Crippen LogP contribution in [0.15, 0.2) is 69.4 Å². The molecular weight excluding hydrogens is 544 g/mol. The number of nitriles is 1. The van der Waals surface area contributed by atoms with Crippen molar-refractivity contribution < 1.29 is 13.0 Å². The quantitative estimate of drug-likeness (QED) is 0.325. The fourth-order valence-electron chi connectivity index (χ4n) is 4.81. The van der Waals surface area contributed by atoms with Gasteiger partial charge in [-0.3, -0.25) is 23.2 Å². The Bertz CT molecular complexity index is 1650. The SMILES string of the molecule is C/C=C/N=C(/C(F)=C/n1c(C)cc(C2C(C)C2c2cnn(CC#N)c2)c(Cl)c1=O)c1cccc(S(C)=O)c1F. The first kappa shape index (κ1) is 28.3. The van der Waals surface area contributed by atoms with Crippen LogP contribution >= 0.6 is 11.6 Å². The van der Waals surface area contributed by atoms with Crippen LogP contribution < -0.4 is 5.56 Å². The number of nitrogens with zero attached hydrogens (tertiary/aromatic N) is 5. The summed E-state index contributed by atoms with van der Waals surface area (Å²) in [5, 5.41) is 13.1. The highest BCUT2D eigenvalue weighted by atomic mass is 35.5. The molecule has 7 nitrogen and oxygen atoms in total. The van der Waals surface area contributed by atoms with Gasteiger partial charge >= 0.3 is 0 Å². The Kier molecular flexibility index (Phi) is 8.42. The summed E-state index contributed by atoms with van der Waals surface area (Å²) < 4.78 is 45.4. The van der Waals surface area contributed by atoms with E-state index in [2.05, 4.69) is 10.1 Å². The summed E-state index contributed by atoms with van der Waals surface area (Å²) in [6, 6.07) is 7.96. The average Bonchev–Trinajstić information content (AvgIpc) is 3.33. The molecule has 3 aromatic rings. The van der Waals surface area contributed by atoms with Crippen LogP contribution in [0.3, 0.4) is 0 Å². The van der Waals surface area contributed by atoms with Crippen LogP contribution in [0.5, 0.6) is 0 Å². The van der Waals surface area contributed by atoms with Crippen LogP contribution in [0.1, 0.15) is 48.1 Å². The van der Waals surface area contributed by atoms with Crippen molar-refractivity contribution in [2.24, 2.45) is 10.9 Å². The van der Waals surface area contributed by atoms with Crippen molar-refractivity contribution in [1.82, 2.24) is 14.3 Å². The molecule has 4 rings (SSSR count). The van der Waals surface area contributed by atoms with Gasteiger partial charge in [0.15, 0.2) is 5.83 Å². The van der Waals surface area contributed by atoms with Gasteiger partial charge < -0.3 is 0 Å². The lowest BCUT2D eigenvalue weighted by atomic mass is 10.1. The molecule has 4 unspecified atom stereocenters. The number of allylic oxidation sites excluding steroid dienone is 2. The molecule has 2 heterocycles. The Hall–Kier alpha value is -3.68. The van der Waals surface area contributed by atoms with Crippen LogP contribution in [0.4, 0.5) is 8.78 Å². The molecule has 0 N–H and O–H groups in total. The minimum Gasteiger partial charge on any atom is -0.284 e. The first-order valence-corrected chi connectivity index (χ1v) is 14.0. The zero-order valence-electron chi connectivity index (χ0n) is 21.7. The number of rotatable bonds is 8. The predicted octanol–water partition coefficient (Wildman–Crippen LogP) is 5.71. The maximum atomic E-state index is 15.7. The lowest BCUT2D eigenvalue weighted by Gasteiger charge is -2.12. The van der Waals surface area contributed by atoms with Gasteiger partial charge in [-0.05, 0) is 60.9 Å². The fourth-order valence-corrected chi connectivity index (χ4v) is 5.71. The van der Waals surface area contributed by atoms with Crippen molar-refractivity contribution in [2.75, 3.05) is 6.26 Å². The van der Waals surface area contributed by atoms with Gasteiger partial charge in [-0.2, -0.15) is 10.4 Å². The predicted molar refractivity (Wildman–Crippen MR) is 148 cm³/mol. The molecule has 0 radical (unpaired) electrons. The third-order valence-electron chi connectivity index (χ3n) is 6.76. The Morgan fingerprint density at radius 3 is 2.77 bits per heavy atom. The Labute approximate surface area is 232 Å². The second kappa shape index (κ2) is 11.6. The Morgan fingerprint density at radius 2 is 2.10 bits per heavy atom. The number of halogens is 3. The number of aryl methyl sites for hydroxylation is 1. The van der Waals surface area contributed by atoms with Crippen LogP contribution in [-0.2, 0) is 17.3 Å². The first-order valence-electron chi connectivity index (χ1n) is 12.1. The molecular formula is C28H26ClF2N5O2S. The van der Waals surface area contributed by atoms with Gasteiger partial charge in [0.05, 0.1) is 34.2 Å². The van der Waals surface area contributed by atoms with Crippen molar-refractivity contribution in [3.05, 3.63) is 98.3 Å². The minimum atomic E-state index is -1.64. The zero-order valence-corrected chi connectivity index (χ0v) is 23.3. The summed E-state index contributed by atoms with van der Waals surface area (Å²) in [6.07, 6.45) is 8.65. The monoisotopic (exact) mass is 569 g/mol. The van der Waals surface area contributed by atoms with Crippen LogP contribution in [-0.4, -0.2) is 30.5 Å². The minimum absolute atomic E-state index is 0.0325. The van der Waals surface area contributed by atoms with Crippen molar-refractivity contribution in [2.45, 2.75) is 44.0 Å². The van der Waals surface area contributed by atoms with Crippen molar-refractivity contribution in [1.29, 1.82) is 5.26 Å². The first-order chi connectivity index (χ1) is 18.6. The summed E-state index contributed by atoms with van der Waals surface area (Å²) in [4.78, 5) is 17.3. The molecule has 1 fully saturated rings. The molecule has 4 atom stereocenters. The van der Waals surface area contributed by atoms with E-state index in [1.54, 1.807) is 36.9 Å². The molecule has 1 aromatic carbocycles. The zero-order chi connectivity index (χ0) is 28.4. The highest BCUT2D eigenvalue weighted by Gasteiger charge is 2.50. The number of hydrogen-bond donors (Lipinski definition) is 0. The number of aromatic nitrogens is 3. The van der Waals surface area contributed by atoms with Crippen molar-refractivity contribution in [3.8, 4) is 6.07 Å². The molecule has 11 heteroatoms. The van der Waals surface area contributed by atoms with E-state index < -0.39 is 28.0 Å². The van der Waals surface area contributed by atoms with Crippen LogP contribution in [0, 0.1) is 30.0 Å². The van der Waals surface area contributed by atoms with E-state index in [1.807, 2.05) is 19.2 Å². The molecule has 0 spiro atoms. The molecule has 2 aromatic heterocycles. The molecule has 0 amide bonds. The van der Waals surface area contributed by atoms with Crippen molar-refractivity contribution >= 4 is 34.3 Å². The lowest BCUT2D eigenvalue weighted by molar-refractivity contribution is 0.591. The number of aliphatic imine (C=N–C) groups is 1. The van der Waals surface area contributed by atoms with E-state index in [-0.39, 0.29) is 45.5 Å². The van der Waals surface area contributed by atoms with Crippen LogP contribution in [0.25, 0.3) is 6.20 Å². The molecule has 0 bridgehead atoms. The lowest BCUT2D eigenvalue weighted by Crippen LogP contribution is -2.21. The maximum Gasteiger partial charge on any atom is 0.273 e. The Morgan fingerprint density at radius 1 is 1.36 bits per heavy atom. The second-order valence-corrected chi connectivity index (χ2v) is 11.0. The molecule has 1 aliphatic rings. The van der Waals surface area contributed by atoms with Gasteiger partial charge in [0, 0.05) is 29.9 Å². The molecule has 202 valence electrons. The van der Waals surface area contributed by atoms with E-state index in [0.29, 0.717) is 11.3 Å². The third kappa shape index (κ3) is 5.56. The summed E-state index contributed by atoms with van der Waals surface area (Å²) in [6.45, 7) is 5.51. The third-order valence-corrected chi connectivity index (χ3v) is 8.08.